The molecule has 7 aromatic carbocycles. The minimum Gasteiger partial charge on any atom is -0.457 e. The van der Waals surface area contributed by atoms with Crippen LogP contribution in [-0.2, 0) is 5.41 Å². The molecular weight excluding hydrogens is 641 g/mol. The Morgan fingerprint density at radius 3 is 1.82 bits per heavy atom. The predicted octanol–water partition coefficient (Wildman–Crippen LogP) is 12.3. The van der Waals surface area contributed by atoms with E-state index in [4.69, 9.17) is 14.7 Å². The van der Waals surface area contributed by atoms with Gasteiger partial charge in [-0.1, -0.05) is 152 Å². The topological polar surface area (TPSA) is 35.0 Å². The Morgan fingerprint density at radius 1 is 0.451 bits per heavy atom. The van der Waals surface area contributed by atoms with Crippen molar-refractivity contribution in [1.82, 2.24) is 9.97 Å². The van der Waals surface area contributed by atoms with Crippen LogP contribution in [0.3, 0.4) is 0 Å². The summed E-state index contributed by atoms with van der Waals surface area (Å²) >= 11 is 1.77. The molecule has 2 aromatic heterocycles. The van der Waals surface area contributed by atoms with Gasteiger partial charge in [-0.15, -0.1) is 11.3 Å². The van der Waals surface area contributed by atoms with E-state index in [2.05, 4.69) is 170 Å². The third kappa shape index (κ3) is 3.94. The number of fused-ring (bicyclic) bond motifs is 12. The maximum Gasteiger partial charge on any atom is 0.161 e. The smallest absolute Gasteiger partial charge is 0.161 e. The van der Waals surface area contributed by atoms with Crippen LogP contribution in [0.4, 0.5) is 0 Å². The molecule has 4 heteroatoms. The van der Waals surface area contributed by atoms with Crippen LogP contribution in [0.5, 0.6) is 11.5 Å². The maximum atomic E-state index is 6.59. The summed E-state index contributed by atoms with van der Waals surface area (Å²) in [6.07, 6.45) is 0. The molecule has 1 aliphatic carbocycles. The Kier molecular flexibility index (Phi) is 6.04. The Bertz CT molecular complexity index is 2810. The molecule has 0 atom stereocenters. The van der Waals surface area contributed by atoms with E-state index in [0.29, 0.717) is 0 Å². The first kappa shape index (κ1) is 28.5. The largest absolute Gasteiger partial charge is 0.457 e. The van der Waals surface area contributed by atoms with Crippen LogP contribution in [-0.4, -0.2) is 9.97 Å². The van der Waals surface area contributed by atoms with E-state index in [9.17, 15) is 0 Å². The molecule has 3 heterocycles. The van der Waals surface area contributed by atoms with Crippen LogP contribution in [0.2, 0.25) is 0 Å². The summed E-state index contributed by atoms with van der Waals surface area (Å²) in [6.45, 7) is 0. The van der Waals surface area contributed by atoms with Gasteiger partial charge in [-0.25, -0.2) is 9.97 Å². The summed E-state index contributed by atoms with van der Waals surface area (Å²) in [5, 5.41) is 1.15. The van der Waals surface area contributed by atoms with Gasteiger partial charge in [-0.05, 0) is 51.6 Å². The van der Waals surface area contributed by atoms with Crippen molar-refractivity contribution in [3.05, 3.63) is 192 Å². The molecule has 11 rings (SSSR count). The van der Waals surface area contributed by atoms with Gasteiger partial charge in [-0.3, -0.25) is 0 Å². The third-order valence-electron chi connectivity index (χ3n) is 10.6. The summed E-state index contributed by atoms with van der Waals surface area (Å²) in [5.41, 5.74) is 13.0. The van der Waals surface area contributed by atoms with E-state index in [-0.39, 0.29) is 0 Å². The van der Waals surface area contributed by atoms with Crippen molar-refractivity contribution in [2.75, 3.05) is 0 Å². The highest BCUT2D eigenvalue weighted by Crippen LogP contribution is 2.63. The van der Waals surface area contributed by atoms with Crippen molar-refractivity contribution in [1.29, 1.82) is 0 Å². The molecule has 0 unspecified atom stereocenters. The summed E-state index contributed by atoms with van der Waals surface area (Å²) in [5.74, 6) is 2.50. The molecule has 1 spiro atoms. The molecular formula is C47H28N2OS. The highest BCUT2D eigenvalue weighted by molar-refractivity contribution is 7.26. The molecule has 0 saturated heterocycles. The minimum absolute atomic E-state index is 0.553. The van der Waals surface area contributed by atoms with Gasteiger partial charge in [0, 0.05) is 32.3 Å². The summed E-state index contributed by atoms with van der Waals surface area (Å²) in [7, 11) is 0. The number of ether oxygens (including phenoxy) is 1. The van der Waals surface area contributed by atoms with E-state index in [0.717, 1.165) is 72.0 Å². The van der Waals surface area contributed by atoms with E-state index in [1.807, 2.05) is 0 Å². The molecule has 0 N–H and O–H groups in total. The van der Waals surface area contributed by atoms with Crippen LogP contribution in [0.25, 0.3) is 65.2 Å². The van der Waals surface area contributed by atoms with Crippen LogP contribution >= 0.6 is 11.3 Å². The van der Waals surface area contributed by atoms with Gasteiger partial charge in [0.25, 0.3) is 0 Å². The zero-order valence-corrected chi connectivity index (χ0v) is 28.2. The molecule has 3 nitrogen and oxygen atoms in total. The molecule has 9 aromatic rings. The van der Waals surface area contributed by atoms with Gasteiger partial charge in [0.1, 0.15) is 11.5 Å². The van der Waals surface area contributed by atoms with Gasteiger partial charge in [0.05, 0.1) is 21.3 Å². The standard InChI is InChI=1S/C47H28N2OS/c1-2-15-29(16-3-1)30-17-4-5-18-31(30)46-48-43-33-20-7-13-28-41(33)51-45(43)44(49-46)34-21-14-25-38-42(34)32-19-6-8-22-35(32)47(38)36-23-9-11-26-39(36)50-40-27-12-10-24-37(40)47/h1-28H. The second-order valence-electron chi connectivity index (χ2n) is 13.2. The second-order valence-corrected chi connectivity index (χ2v) is 14.3. The number of hydrogen-bond acceptors (Lipinski definition) is 4. The minimum atomic E-state index is -0.553. The fourth-order valence-corrected chi connectivity index (χ4v) is 9.69. The molecule has 51 heavy (non-hydrogen) atoms. The molecule has 1 aliphatic heterocycles. The van der Waals surface area contributed by atoms with E-state index in [1.54, 1.807) is 11.3 Å². The number of para-hydroxylation sites is 2. The van der Waals surface area contributed by atoms with E-state index in [1.165, 1.54) is 27.0 Å². The fourth-order valence-electron chi connectivity index (χ4n) is 8.54. The van der Waals surface area contributed by atoms with Crippen molar-refractivity contribution in [2.24, 2.45) is 0 Å². The van der Waals surface area contributed by atoms with Crippen LogP contribution in [0, 0.1) is 0 Å². The first-order valence-corrected chi connectivity index (χ1v) is 18.1. The predicted molar refractivity (Wildman–Crippen MR) is 209 cm³/mol. The Balaban J connectivity index is 1.26. The summed E-state index contributed by atoms with van der Waals surface area (Å²) < 4.78 is 8.89. The highest BCUT2D eigenvalue weighted by atomic mass is 32.1. The zero-order chi connectivity index (χ0) is 33.5. The van der Waals surface area contributed by atoms with Crippen molar-refractivity contribution in [3.63, 3.8) is 0 Å². The Hall–Kier alpha value is -6.36. The lowest BCUT2D eigenvalue weighted by molar-refractivity contribution is 0.436. The number of rotatable bonds is 3. The average Bonchev–Trinajstić information content (AvgIpc) is 3.72. The molecule has 2 aliphatic rings. The zero-order valence-electron chi connectivity index (χ0n) is 27.4. The van der Waals surface area contributed by atoms with Crippen molar-refractivity contribution in [3.8, 4) is 56.4 Å². The van der Waals surface area contributed by atoms with Crippen molar-refractivity contribution < 1.29 is 4.74 Å². The highest BCUT2D eigenvalue weighted by Gasteiger charge is 2.51. The number of aromatic nitrogens is 2. The van der Waals surface area contributed by atoms with Gasteiger partial charge in [0.2, 0.25) is 0 Å². The SMILES string of the molecule is c1ccc(-c2ccccc2-c2nc(-c3cccc4c3-c3ccccc3C43c4ccccc4Oc4ccccc43)c3sc4ccccc4c3n2)cc1. The molecule has 238 valence electrons. The van der Waals surface area contributed by atoms with Gasteiger partial charge in [-0.2, -0.15) is 0 Å². The van der Waals surface area contributed by atoms with Crippen molar-refractivity contribution >= 4 is 31.6 Å². The lowest BCUT2D eigenvalue weighted by atomic mass is 9.66. The molecule has 0 fully saturated rings. The summed E-state index contributed by atoms with van der Waals surface area (Å²) in [4.78, 5) is 10.9. The van der Waals surface area contributed by atoms with Gasteiger partial charge >= 0.3 is 0 Å². The number of nitrogens with zero attached hydrogens (tertiary/aromatic N) is 2. The van der Waals surface area contributed by atoms with E-state index < -0.39 is 5.41 Å². The monoisotopic (exact) mass is 668 g/mol. The van der Waals surface area contributed by atoms with Crippen LogP contribution in [0.1, 0.15) is 22.3 Å². The average molecular weight is 669 g/mol. The maximum absolute atomic E-state index is 6.59. The third-order valence-corrected chi connectivity index (χ3v) is 11.8. The lowest BCUT2D eigenvalue weighted by Crippen LogP contribution is -2.32. The lowest BCUT2D eigenvalue weighted by Gasteiger charge is -2.39. The van der Waals surface area contributed by atoms with Crippen molar-refractivity contribution in [2.45, 2.75) is 5.41 Å². The number of benzene rings is 7. The first-order valence-electron chi connectivity index (χ1n) is 17.3. The van der Waals surface area contributed by atoms with Crippen LogP contribution in [0.15, 0.2) is 170 Å². The Morgan fingerprint density at radius 2 is 1.04 bits per heavy atom. The van der Waals surface area contributed by atoms with Crippen LogP contribution < -0.4 is 4.74 Å². The molecule has 0 saturated carbocycles. The normalized spacial score (nSPS) is 13.4. The molecule has 0 bridgehead atoms. The first-order chi connectivity index (χ1) is 25.3. The molecule has 0 amide bonds. The summed E-state index contributed by atoms with van der Waals surface area (Å²) in [6, 6.07) is 60.4. The number of thiophene rings is 1. The fraction of sp³-hybridized carbons (Fsp3) is 0.0213. The van der Waals surface area contributed by atoms with E-state index >= 15 is 0 Å². The van der Waals surface area contributed by atoms with Gasteiger partial charge < -0.3 is 4.74 Å². The van der Waals surface area contributed by atoms with Gasteiger partial charge in [0.15, 0.2) is 5.82 Å². The molecule has 0 radical (unpaired) electrons. The second kappa shape index (κ2) is 10.8. The quantitative estimate of drug-likeness (QED) is 0.188. The Labute approximate surface area is 299 Å². The number of hydrogen-bond donors (Lipinski definition) is 0.